The highest BCUT2D eigenvalue weighted by atomic mass is 32.2. The second kappa shape index (κ2) is 6.48. The van der Waals surface area contributed by atoms with Crippen molar-refractivity contribution >= 4 is 15.9 Å². The lowest BCUT2D eigenvalue weighted by Gasteiger charge is -2.31. The third kappa shape index (κ3) is 3.98. The Bertz CT molecular complexity index is 596. The highest BCUT2D eigenvalue weighted by Crippen LogP contribution is 2.15. The first-order valence-electron chi connectivity index (χ1n) is 6.82. The summed E-state index contributed by atoms with van der Waals surface area (Å²) >= 11 is 0. The number of pyridine rings is 1. The molecule has 21 heavy (non-hydrogen) atoms. The van der Waals surface area contributed by atoms with Crippen molar-refractivity contribution < 1.29 is 17.6 Å². The van der Waals surface area contributed by atoms with Gasteiger partial charge in [-0.15, -0.1) is 0 Å². The fourth-order valence-electron chi connectivity index (χ4n) is 2.24. The standard InChI is InChI=1S/C13H18FN3O3S/c1-2-21(19,20)17-7-5-11(6-8-17)16-13(18)10-3-4-12(14)15-9-10/h3-4,9,11H,2,5-8H2,1H3,(H,16,18). The SMILES string of the molecule is CCS(=O)(=O)N1CCC(NC(=O)c2ccc(F)nc2)CC1. The maximum absolute atomic E-state index is 12.7. The van der Waals surface area contributed by atoms with Crippen molar-refractivity contribution in [2.24, 2.45) is 0 Å². The number of carbonyl (C=O) groups excluding carboxylic acids is 1. The number of amides is 1. The van der Waals surface area contributed by atoms with Crippen LogP contribution in [0.15, 0.2) is 18.3 Å². The van der Waals surface area contributed by atoms with E-state index in [0.717, 1.165) is 6.07 Å². The Morgan fingerprint density at radius 3 is 2.62 bits per heavy atom. The molecule has 1 amide bonds. The van der Waals surface area contributed by atoms with Crippen LogP contribution in [0.5, 0.6) is 0 Å². The fraction of sp³-hybridized carbons (Fsp3) is 0.538. The number of aromatic nitrogens is 1. The molecule has 1 fully saturated rings. The molecule has 8 heteroatoms. The quantitative estimate of drug-likeness (QED) is 0.832. The van der Waals surface area contributed by atoms with E-state index in [-0.39, 0.29) is 17.7 Å². The van der Waals surface area contributed by atoms with Gasteiger partial charge in [-0.3, -0.25) is 4.79 Å². The third-order valence-electron chi connectivity index (χ3n) is 3.54. The van der Waals surface area contributed by atoms with E-state index in [1.54, 1.807) is 6.92 Å². The summed E-state index contributed by atoms with van der Waals surface area (Å²) in [4.78, 5) is 15.4. The summed E-state index contributed by atoms with van der Waals surface area (Å²) in [6.07, 6.45) is 2.32. The Kier molecular flexibility index (Phi) is 4.89. The van der Waals surface area contributed by atoms with Crippen molar-refractivity contribution in [1.82, 2.24) is 14.6 Å². The first kappa shape index (κ1) is 15.8. The van der Waals surface area contributed by atoms with Gasteiger partial charge in [-0.2, -0.15) is 4.39 Å². The molecule has 2 rings (SSSR count). The average Bonchev–Trinajstić information content (AvgIpc) is 2.48. The van der Waals surface area contributed by atoms with Gasteiger partial charge in [0.1, 0.15) is 0 Å². The second-order valence-corrected chi connectivity index (χ2v) is 7.17. The van der Waals surface area contributed by atoms with E-state index in [0.29, 0.717) is 31.5 Å². The van der Waals surface area contributed by atoms with Gasteiger partial charge in [-0.25, -0.2) is 17.7 Å². The molecule has 1 aromatic rings. The van der Waals surface area contributed by atoms with Gasteiger partial charge in [0.2, 0.25) is 16.0 Å². The van der Waals surface area contributed by atoms with Crippen LogP contribution in [0, 0.1) is 5.95 Å². The van der Waals surface area contributed by atoms with Crippen molar-refractivity contribution in [3.05, 3.63) is 29.8 Å². The number of nitrogens with one attached hydrogen (secondary N) is 1. The van der Waals surface area contributed by atoms with Crippen molar-refractivity contribution in [2.75, 3.05) is 18.8 Å². The van der Waals surface area contributed by atoms with Crippen molar-refractivity contribution in [3.63, 3.8) is 0 Å². The molecule has 0 radical (unpaired) electrons. The van der Waals surface area contributed by atoms with Crippen LogP contribution in [0.1, 0.15) is 30.1 Å². The Balaban J connectivity index is 1.89. The van der Waals surface area contributed by atoms with E-state index < -0.39 is 16.0 Å². The van der Waals surface area contributed by atoms with Crippen LogP contribution >= 0.6 is 0 Å². The lowest BCUT2D eigenvalue weighted by Crippen LogP contribution is -2.46. The van der Waals surface area contributed by atoms with Crippen molar-refractivity contribution in [2.45, 2.75) is 25.8 Å². The van der Waals surface area contributed by atoms with Gasteiger partial charge >= 0.3 is 0 Å². The molecule has 1 aromatic heterocycles. The summed E-state index contributed by atoms with van der Waals surface area (Å²) in [5.74, 6) is -0.866. The van der Waals surface area contributed by atoms with Crippen LogP contribution in [0.25, 0.3) is 0 Å². The molecule has 0 unspecified atom stereocenters. The number of piperidine rings is 1. The Labute approximate surface area is 123 Å². The number of hydrogen-bond donors (Lipinski definition) is 1. The van der Waals surface area contributed by atoms with Crippen LogP contribution in [0.4, 0.5) is 4.39 Å². The number of rotatable bonds is 4. The molecule has 0 atom stereocenters. The summed E-state index contributed by atoms with van der Waals surface area (Å²) in [6, 6.07) is 2.42. The van der Waals surface area contributed by atoms with Gasteiger partial charge in [0.05, 0.1) is 11.3 Å². The first-order chi connectivity index (χ1) is 9.92. The molecule has 0 aromatic carbocycles. The zero-order chi connectivity index (χ0) is 15.5. The molecule has 1 aliphatic rings. The molecule has 116 valence electrons. The van der Waals surface area contributed by atoms with E-state index >= 15 is 0 Å². The van der Waals surface area contributed by atoms with Gasteiger partial charge in [0.15, 0.2) is 0 Å². The van der Waals surface area contributed by atoms with Crippen molar-refractivity contribution in [1.29, 1.82) is 0 Å². The van der Waals surface area contributed by atoms with Crippen molar-refractivity contribution in [3.8, 4) is 0 Å². The Hall–Kier alpha value is -1.54. The zero-order valence-electron chi connectivity index (χ0n) is 11.8. The van der Waals surface area contributed by atoms with Gasteiger partial charge in [-0.05, 0) is 31.9 Å². The molecule has 6 nitrogen and oxygen atoms in total. The number of carbonyl (C=O) groups is 1. The molecule has 1 aliphatic heterocycles. The monoisotopic (exact) mass is 315 g/mol. The molecule has 2 heterocycles. The summed E-state index contributed by atoms with van der Waals surface area (Å²) in [5.41, 5.74) is 0.292. The molecule has 0 bridgehead atoms. The van der Waals surface area contributed by atoms with E-state index in [1.165, 1.54) is 16.6 Å². The largest absolute Gasteiger partial charge is 0.349 e. The maximum Gasteiger partial charge on any atom is 0.253 e. The molecule has 0 aliphatic carbocycles. The summed E-state index contributed by atoms with van der Waals surface area (Å²) in [6.45, 7) is 2.43. The van der Waals surface area contributed by atoms with Gasteiger partial charge < -0.3 is 5.32 Å². The number of nitrogens with zero attached hydrogens (tertiary/aromatic N) is 2. The highest BCUT2D eigenvalue weighted by Gasteiger charge is 2.27. The van der Waals surface area contributed by atoms with E-state index in [9.17, 15) is 17.6 Å². The summed E-state index contributed by atoms with van der Waals surface area (Å²) < 4.78 is 37.6. The minimum absolute atomic E-state index is 0.0779. The van der Waals surface area contributed by atoms with Crippen LogP contribution in [0.3, 0.4) is 0 Å². The fourth-order valence-corrected chi connectivity index (χ4v) is 3.37. The highest BCUT2D eigenvalue weighted by molar-refractivity contribution is 7.89. The molecule has 0 saturated carbocycles. The second-order valence-electron chi connectivity index (χ2n) is 4.92. The normalized spacial score (nSPS) is 17.6. The van der Waals surface area contributed by atoms with Crippen LogP contribution in [-0.2, 0) is 10.0 Å². The Morgan fingerprint density at radius 2 is 2.10 bits per heavy atom. The molecule has 1 saturated heterocycles. The molecule has 0 spiro atoms. The van der Waals surface area contributed by atoms with Crippen LogP contribution < -0.4 is 5.32 Å². The average molecular weight is 315 g/mol. The lowest BCUT2D eigenvalue weighted by molar-refractivity contribution is 0.0923. The van der Waals surface area contributed by atoms with Gasteiger partial charge in [0.25, 0.3) is 5.91 Å². The minimum Gasteiger partial charge on any atom is -0.349 e. The molecule has 1 N–H and O–H groups in total. The number of sulfonamides is 1. The smallest absolute Gasteiger partial charge is 0.253 e. The van der Waals surface area contributed by atoms with Crippen LogP contribution in [-0.4, -0.2) is 48.5 Å². The lowest BCUT2D eigenvalue weighted by atomic mass is 10.1. The van der Waals surface area contributed by atoms with E-state index in [4.69, 9.17) is 0 Å². The maximum atomic E-state index is 12.7. The van der Waals surface area contributed by atoms with E-state index in [2.05, 4.69) is 10.3 Å². The number of hydrogen-bond acceptors (Lipinski definition) is 4. The van der Waals surface area contributed by atoms with Gasteiger partial charge in [0, 0.05) is 25.3 Å². The van der Waals surface area contributed by atoms with Gasteiger partial charge in [-0.1, -0.05) is 0 Å². The van der Waals surface area contributed by atoms with Crippen LogP contribution in [0.2, 0.25) is 0 Å². The summed E-state index contributed by atoms with van der Waals surface area (Å²) in [5, 5.41) is 2.82. The third-order valence-corrected chi connectivity index (χ3v) is 5.42. The Morgan fingerprint density at radius 1 is 1.43 bits per heavy atom. The minimum atomic E-state index is -3.16. The summed E-state index contributed by atoms with van der Waals surface area (Å²) in [7, 11) is -3.16. The first-order valence-corrected chi connectivity index (χ1v) is 8.43. The zero-order valence-corrected chi connectivity index (χ0v) is 12.6. The molecular weight excluding hydrogens is 297 g/mol. The topological polar surface area (TPSA) is 79.4 Å². The predicted octanol–water partition coefficient (Wildman–Crippen LogP) is 0.765. The number of halogens is 1. The predicted molar refractivity (Wildman–Crippen MR) is 75.7 cm³/mol. The van der Waals surface area contributed by atoms with E-state index in [1.807, 2.05) is 0 Å². The molecular formula is C13H18FN3O3S.